The van der Waals surface area contributed by atoms with Crippen LogP contribution < -0.4 is 5.73 Å². The molecule has 0 spiro atoms. The molecule has 2 atom stereocenters. The molecule has 2 unspecified atom stereocenters. The Balaban J connectivity index is 3.08. The summed E-state index contributed by atoms with van der Waals surface area (Å²) in [5, 5.41) is 22.6. The van der Waals surface area contributed by atoms with Crippen molar-refractivity contribution in [2.45, 2.75) is 24.8 Å². The summed E-state index contributed by atoms with van der Waals surface area (Å²) in [5.41, 5.74) is 11.6. The van der Waals surface area contributed by atoms with Gasteiger partial charge in [-0.3, -0.25) is 0 Å². The molecular weight excluding hydrogens is 277 g/mol. The van der Waals surface area contributed by atoms with Crippen molar-refractivity contribution in [3.63, 3.8) is 0 Å². The van der Waals surface area contributed by atoms with Crippen LogP contribution in [0.1, 0.15) is 23.7 Å². The zero-order valence-electron chi connectivity index (χ0n) is 10.2. The molecule has 9 heteroatoms. The summed E-state index contributed by atoms with van der Waals surface area (Å²) in [4.78, 5) is 2.44. The zero-order chi connectivity index (χ0) is 15.3. The Morgan fingerprint density at radius 3 is 2.55 bits per heavy atom. The first-order valence-corrected chi connectivity index (χ1v) is 5.61. The Kier molecular flexibility index (Phi) is 5.20. The summed E-state index contributed by atoms with van der Waals surface area (Å²) in [5.74, 6) is 0. The monoisotopic (exact) mass is 290 g/mol. The molecule has 0 amide bonds. The van der Waals surface area contributed by atoms with E-state index in [-0.39, 0.29) is 18.7 Å². The highest BCUT2D eigenvalue weighted by molar-refractivity contribution is 5.53. The number of benzene rings is 1. The van der Waals surface area contributed by atoms with E-state index in [2.05, 4.69) is 10.0 Å². The molecule has 1 aromatic rings. The Morgan fingerprint density at radius 1 is 1.35 bits per heavy atom. The third-order valence-corrected chi connectivity index (χ3v) is 2.69. The lowest BCUT2D eigenvalue weighted by Gasteiger charge is -2.23. The van der Waals surface area contributed by atoms with Gasteiger partial charge >= 0.3 is 6.18 Å². The highest BCUT2D eigenvalue weighted by atomic mass is 19.4. The average molecular weight is 290 g/mol. The topological polar surface area (TPSA) is 115 Å². The maximum Gasteiger partial charge on any atom is 0.416 e. The third kappa shape index (κ3) is 3.77. The first-order valence-electron chi connectivity index (χ1n) is 5.61. The molecular formula is C11H13F3N4O2. The maximum atomic E-state index is 12.8. The van der Waals surface area contributed by atoms with Gasteiger partial charge in [0, 0.05) is 22.7 Å². The van der Waals surface area contributed by atoms with Crippen LogP contribution in [0.25, 0.3) is 10.4 Å². The second kappa shape index (κ2) is 6.47. The standard InChI is InChI=1S/C11H13F3N4O2/c12-11(13,14)6-2-1-3-7(15)9(6)10(20)8(19)4-5-17-18-16/h1-3,8,10,19-20H,4-5,15H2. The normalized spacial score (nSPS) is 14.4. The summed E-state index contributed by atoms with van der Waals surface area (Å²) < 4.78 is 38.5. The number of aliphatic hydroxyl groups is 2. The van der Waals surface area contributed by atoms with Crippen molar-refractivity contribution in [3.8, 4) is 0 Å². The minimum Gasteiger partial charge on any atom is -0.398 e. The minimum absolute atomic E-state index is 0.150. The molecule has 0 aliphatic rings. The number of azide groups is 1. The highest BCUT2D eigenvalue weighted by Crippen LogP contribution is 2.38. The van der Waals surface area contributed by atoms with Gasteiger partial charge in [0.1, 0.15) is 6.10 Å². The lowest BCUT2D eigenvalue weighted by molar-refractivity contribution is -0.139. The summed E-state index contributed by atoms with van der Waals surface area (Å²) in [6.45, 7) is -0.150. The van der Waals surface area contributed by atoms with Gasteiger partial charge in [-0.1, -0.05) is 11.2 Å². The van der Waals surface area contributed by atoms with Gasteiger partial charge in [0.15, 0.2) is 0 Å². The van der Waals surface area contributed by atoms with E-state index in [9.17, 15) is 23.4 Å². The fourth-order valence-electron chi connectivity index (χ4n) is 1.75. The van der Waals surface area contributed by atoms with E-state index < -0.39 is 29.5 Å². The summed E-state index contributed by atoms with van der Waals surface area (Å²) in [6, 6.07) is 3.09. The van der Waals surface area contributed by atoms with E-state index in [1.807, 2.05) is 0 Å². The Morgan fingerprint density at radius 2 is 2.00 bits per heavy atom. The molecule has 0 bridgehead atoms. The number of halogens is 3. The molecule has 0 heterocycles. The lowest BCUT2D eigenvalue weighted by atomic mass is 9.95. The molecule has 4 N–H and O–H groups in total. The van der Waals surface area contributed by atoms with E-state index in [1.54, 1.807) is 0 Å². The molecule has 0 aliphatic carbocycles. The van der Waals surface area contributed by atoms with Crippen molar-refractivity contribution < 1.29 is 23.4 Å². The van der Waals surface area contributed by atoms with Crippen molar-refractivity contribution in [3.05, 3.63) is 39.8 Å². The van der Waals surface area contributed by atoms with Crippen molar-refractivity contribution in [1.29, 1.82) is 0 Å². The molecule has 20 heavy (non-hydrogen) atoms. The van der Waals surface area contributed by atoms with Crippen molar-refractivity contribution >= 4 is 5.69 Å². The second-order valence-electron chi connectivity index (χ2n) is 4.06. The van der Waals surface area contributed by atoms with Crippen molar-refractivity contribution in [1.82, 2.24) is 0 Å². The van der Waals surface area contributed by atoms with Crippen LogP contribution in [0.15, 0.2) is 23.3 Å². The van der Waals surface area contributed by atoms with Gasteiger partial charge in [-0.25, -0.2) is 0 Å². The first kappa shape index (κ1) is 16.1. The van der Waals surface area contributed by atoms with Gasteiger partial charge in [0.2, 0.25) is 0 Å². The van der Waals surface area contributed by atoms with Crippen molar-refractivity contribution in [2.75, 3.05) is 12.3 Å². The minimum atomic E-state index is -4.70. The molecule has 0 aromatic heterocycles. The number of hydrogen-bond donors (Lipinski definition) is 3. The fourth-order valence-corrected chi connectivity index (χ4v) is 1.75. The highest BCUT2D eigenvalue weighted by Gasteiger charge is 2.37. The number of nitrogen functional groups attached to an aromatic ring is 1. The van der Waals surface area contributed by atoms with Crippen LogP contribution in [0.3, 0.4) is 0 Å². The number of aliphatic hydroxyl groups excluding tert-OH is 2. The SMILES string of the molecule is [N-]=[N+]=NCCC(O)C(O)c1c(N)cccc1C(F)(F)F. The molecule has 110 valence electrons. The van der Waals surface area contributed by atoms with Gasteiger partial charge in [-0.15, -0.1) is 0 Å². The second-order valence-corrected chi connectivity index (χ2v) is 4.06. The van der Waals surface area contributed by atoms with Crippen LogP contribution in [0.4, 0.5) is 18.9 Å². The number of alkyl halides is 3. The number of hydrogen-bond acceptors (Lipinski definition) is 4. The fraction of sp³-hybridized carbons (Fsp3) is 0.455. The Bertz CT molecular complexity index is 515. The van der Waals surface area contributed by atoms with Crippen LogP contribution in [0.5, 0.6) is 0 Å². The smallest absolute Gasteiger partial charge is 0.398 e. The van der Waals surface area contributed by atoms with E-state index in [0.29, 0.717) is 0 Å². The van der Waals surface area contributed by atoms with Gasteiger partial charge in [0.05, 0.1) is 11.7 Å². The van der Waals surface area contributed by atoms with E-state index in [1.165, 1.54) is 6.07 Å². The predicted octanol–water partition coefficient (Wildman–Crippen LogP) is 2.38. The van der Waals surface area contributed by atoms with Crippen molar-refractivity contribution in [2.24, 2.45) is 5.11 Å². The van der Waals surface area contributed by atoms with Crippen LogP contribution in [0.2, 0.25) is 0 Å². The molecule has 0 fully saturated rings. The summed E-state index contributed by atoms with van der Waals surface area (Å²) >= 11 is 0. The van der Waals surface area contributed by atoms with Crippen LogP contribution in [-0.2, 0) is 6.18 Å². The summed E-state index contributed by atoms with van der Waals surface area (Å²) in [6.07, 6.45) is -8.22. The van der Waals surface area contributed by atoms with Crippen LogP contribution in [-0.4, -0.2) is 22.9 Å². The van der Waals surface area contributed by atoms with Gasteiger partial charge in [-0.2, -0.15) is 13.2 Å². The van der Waals surface area contributed by atoms with E-state index in [0.717, 1.165) is 12.1 Å². The molecule has 1 rings (SSSR count). The quantitative estimate of drug-likeness (QED) is 0.334. The van der Waals surface area contributed by atoms with Crippen LogP contribution in [0, 0.1) is 0 Å². The number of nitrogens with two attached hydrogens (primary N) is 1. The molecule has 0 saturated carbocycles. The number of anilines is 1. The molecule has 0 radical (unpaired) electrons. The molecule has 0 aliphatic heterocycles. The van der Waals surface area contributed by atoms with Gasteiger partial charge < -0.3 is 15.9 Å². The van der Waals surface area contributed by atoms with E-state index in [4.69, 9.17) is 11.3 Å². The average Bonchev–Trinajstić information content (AvgIpc) is 2.36. The largest absolute Gasteiger partial charge is 0.416 e. The van der Waals surface area contributed by atoms with Gasteiger partial charge in [0.25, 0.3) is 0 Å². The lowest BCUT2D eigenvalue weighted by Crippen LogP contribution is -2.23. The first-order chi connectivity index (χ1) is 9.29. The Labute approximate surface area is 112 Å². The van der Waals surface area contributed by atoms with E-state index >= 15 is 0 Å². The van der Waals surface area contributed by atoms with Crippen LogP contribution >= 0.6 is 0 Å². The predicted molar refractivity (Wildman–Crippen MR) is 65.5 cm³/mol. The molecule has 1 aromatic carbocycles. The number of rotatable bonds is 5. The third-order valence-electron chi connectivity index (χ3n) is 2.69. The number of nitrogens with zero attached hydrogens (tertiary/aromatic N) is 3. The molecule has 6 nitrogen and oxygen atoms in total. The summed E-state index contributed by atoms with van der Waals surface area (Å²) in [7, 11) is 0. The zero-order valence-corrected chi connectivity index (χ0v) is 10.2. The maximum absolute atomic E-state index is 12.8. The van der Waals surface area contributed by atoms with Gasteiger partial charge in [-0.05, 0) is 24.1 Å². The molecule has 0 saturated heterocycles. The Hall–Kier alpha value is -1.96.